The largest absolute Gasteiger partial charge is 0.346 e. The maximum atomic E-state index is 4.65. The normalized spacial score (nSPS) is 11.4. The van der Waals surface area contributed by atoms with Crippen LogP contribution in [0.25, 0.3) is 33.6 Å². The average molecular weight is 330 g/mol. The van der Waals surface area contributed by atoms with E-state index in [1.54, 1.807) is 6.20 Å². The van der Waals surface area contributed by atoms with Crippen LogP contribution in [0.1, 0.15) is 5.56 Å². The molecule has 0 amide bonds. The molecule has 4 aromatic heterocycles. The Morgan fingerprint density at radius 2 is 2.08 bits per heavy atom. The summed E-state index contributed by atoms with van der Waals surface area (Å²) >= 11 is 0. The van der Waals surface area contributed by atoms with E-state index in [4.69, 9.17) is 0 Å². The minimum atomic E-state index is 0.709. The first-order valence-electron chi connectivity index (χ1n) is 7.83. The summed E-state index contributed by atoms with van der Waals surface area (Å²) in [5.74, 6) is 1.43. The molecule has 0 saturated carbocycles. The van der Waals surface area contributed by atoms with Gasteiger partial charge in [0.05, 0.1) is 28.3 Å². The van der Waals surface area contributed by atoms with Crippen LogP contribution in [0.5, 0.6) is 0 Å². The van der Waals surface area contributed by atoms with Gasteiger partial charge in [0.1, 0.15) is 23.5 Å². The highest BCUT2D eigenvalue weighted by atomic mass is 15.2. The molecule has 122 valence electrons. The number of aromatic nitrogens is 7. The van der Waals surface area contributed by atoms with Gasteiger partial charge in [0, 0.05) is 6.20 Å². The molecule has 0 aliphatic rings. The lowest BCUT2D eigenvalue weighted by Gasteiger charge is -2.05. The highest BCUT2D eigenvalue weighted by Crippen LogP contribution is 2.29. The van der Waals surface area contributed by atoms with E-state index in [1.807, 2.05) is 24.4 Å². The van der Waals surface area contributed by atoms with Gasteiger partial charge in [-0.3, -0.25) is 5.10 Å². The quantitative estimate of drug-likeness (QED) is 0.406. The van der Waals surface area contributed by atoms with Crippen LogP contribution in [0.4, 0.5) is 11.5 Å². The topological polar surface area (TPSA) is 111 Å². The summed E-state index contributed by atoms with van der Waals surface area (Å²) in [5.41, 5.74) is 5.43. The van der Waals surface area contributed by atoms with Crippen LogP contribution < -0.4 is 5.32 Å². The van der Waals surface area contributed by atoms with Gasteiger partial charge in [-0.1, -0.05) is 6.07 Å². The second kappa shape index (κ2) is 5.17. The van der Waals surface area contributed by atoms with Gasteiger partial charge >= 0.3 is 0 Å². The van der Waals surface area contributed by atoms with Crippen molar-refractivity contribution in [2.45, 2.75) is 6.92 Å². The van der Waals surface area contributed by atoms with E-state index in [1.165, 1.54) is 11.9 Å². The SMILES string of the molecule is Cc1ccc2nc(-c3[nH]ncc3Nc3ncnc4[nH]ccc34)[nH]c2c1. The number of benzene rings is 1. The Labute approximate surface area is 141 Å². The predicted molar refractivity (Wildman–Crippen MR) is 95.6 cm³/mol. The monoisotopic (exact) mass is 330 g/mol. The number of anilines is 2. The van der Waals surface area contributed by atoms with Crippen molar-refractivity contribution in [2.75, 3.05) is 5.32 Å². The molecule has 0 spiro atoms. The molecule has 0 aliphatic carbocycles. The summed E-state index contributed by atoms with van der Waals surface area (Å²) in [6, 6.07) is 8.05. The summed E-state index contributed by atoms with van der Waals surface area (Å²) in [7, 11) is 0. The van der Waals surface area contributed by atoms with Crippen molar-refractivity contribution in [3.8, 4) is 11.5 Å². The van der Waals surface area contributed by atoms with E-state index in [0.29, 0.717) is 5.82 Å². The summed E-state index contributed by atoms with van der Waals surface area (Å²) < 4.78 is 0. The molecule has 0 bridgehead atoms. The molecule has 8 nitrogen and oxygen atoms in total. The molecule has 0 saturated heterocycles. The van der Waals surface area contributed by atoms with Gasteiger partial charge in [0.2, 0.25) is 0 Å². The van der Waals surface area contributed by atoms with Crippen molar-refractivity contribution in [1.82, 2.24) is 35.1 Å². The third kappa shape index (κ3) is 2.23. The molecule has 4 heterocycles. The van der Waals surface area contributed by atoms with E-state index >= 15 is 0 Å². The van der Waals surface area contributed by atoms with Crippen molar-refractivity contribution in [2.24, 2.45) is 0 Å². The third-order valence-corrected chi connectivity index (χ3v) is 4.12. The molecular formula is C17H14N8. The summed E-state index contributed by atoms with van der Waals surface area (Å²) in [6.45, 7) is 2.06. The maximum Gasteiger partial charge on any atom is 0.158 e. The lowest BCUT2D eigenvalue weighted by atomic mass is 10.2. The van der Waals surface area contributed by atoms with Gasteiger partial charge < -0.3 is 15.3 Å². The molecule has 5 rings (SSSR count). The standard InChI is InChI=1S/C17H14N8/c1-9-2-3-11-12(6-9)23-17(22-11)14-13(7-21-25-14)24-16-10-4-5-18-15(10)19-8-20-16/h2-8H,1H3,(H,21,25)(H,22,23)(H2,18,19,20,24). The maximum absolute atomic E-state index is 4.65. The van der Waals surface area contributed by atoms with E-state index in [9.17, 15) is 0 Å². The fourth-order valence-electron chi connectivity index (χ4n) is 2.90. The zero-order chi connectivity index (χ0) is 16.8. The van der Waals surface area contributed by atoms with Gasteiger partial charge in [-0.05, 0) is 30.7 Å². The first kappa shape index (κ1) is 13.7. The third-order valence-electron chi connectivity index (χ3n) is 4.12. The Balaban J connectivity index is 1.58. The molecule has 4 N–H and O–H groups in total. The van der Waals surface area contributed by atoms with E-state index < -0.39 is 0 Å². The number of aromatic amines is 3. The highest BCUT2D eigenvalue weighted by molar-refractivity contribution is 5.90. The van der Waals surface area contributed by atoms with Crippen LogP contribution in [0.2, 0.25) is 0 Å². The van der Waals surface area contributed by atoms with E-state index in [0.717, 1.165) is 39.3 Å². The summed E-state index contributed by atoms with van der Waals surface area (Å²) in [6.07, 6.45) is 5.07. The molecular weight excluding hydrogens is 316 g/mol. The van der Waals surface area contributed by atoms with Gasteiger partial charge in [-0.15, -0.1) is 0 Å². The Hall–Kier alpha value is -3.68. The van der Waals surface area contributed by atoms with E-state index in [2.05, 4.69) is 53.4 Å². The van der Waals surface area contributed by atoms with Crippen LogP contribution in [-0.4, -0.2) is 35.1 Å². The molecule has 8 heteroatoms. The summed E-state index contributed by atoms with van der Waals surface area (Å²) in [4.78, 5) is 19.6. The number of rotatable bonds is 3. The molecule has 0 radical (unpaired) electrons. The molecule has 0 fully saturated rings. The molecule has 0 unspecified atom stereocenters. The Morgan fingerprint density at radius 3 is 3.04 bits per heavy atom. The van der Waals surface area contributed by atoms with Gasteiger partial charge in [0.15, 0.2) is 5.82 Å². The molecule has 1 aromatic carbocycles. The number of hydrogen-bond donors (Lipinski definition) is 4. The van der Waals surface area contributed by atoms with Crippen LogP contribution in [0.15, 0.2) is 43.0 Å². The van der Waals surface area contributed by atoms with Crippen molar-refractivity contribution in [3.05, 3.63) is 48.5 Å². The first-order valence-corrected chi connectivity index (χ1v) is 7.83. The lowest BCUT2D eigenvalue weighted by Crippen LogP contribution is -1.96. The molecule has 25 heavy (non-hydrogen) atoms. The fourth-order valence-corrected chi connectivity index (χ4v) is 2.90. The van der Waals surface area contributed by atoms with Crippen molar-refractivity contribution in [1.29, 1.82) is 0 Å². The minimum Gasteiger partial charge on any atom is -0.346 e. The van der Waals surface area contributed by atoms with Gasteiger partial charge in [-0.25, -0.2) is 15.0 Å². The minimum absolute atomic E-state index is 0.709. The zero-order valence-electron chi connectivity index (χ0n) is 13.3. The number of imidazole rings is 1. The van der Waals surface area contributed by atoms with Gasteiger partial charge in [0.25, 0.3) is 0 Å². The van der Waals surface area contributed by atoms with Crippen LogP contribution in [0.3, 0.4) is 0 Å². The van der Waals surface area contributed by atoms with Crippen molar-refractivity contribution in [3.63, 3.8) is 0 Å². The number of hydrogen-bond acceptors (Lipinski definition) is 5. The van der Waals surface area contributed by atoms with Crippen LogP contribution in [0, 0.1) is 6.92 Å². The fraction of sp³-hybridized carbons (Fsp3) is 0.0588. The number of H-pyrrole nitrogens is 3. The highest BCUT2D eigenvalue weighted by Gasteiger charge is 2.14. The Morgan fingerprint density at radius 1 is 1.12 bits per heavy atom. The molecule has 0 atom stereocenters. The average Bonchev–Trinajstić information content (AvgIpc) is 3.33. The number of nitrogens with one attached hydrogen (secondary N) is 4. The second-order valence-electron chi connectivity index (χ2n) is 5.85. The van der Waals surface area contributed by atoms with E-state index in [-0.39, 0.29) is 0 Å². The molecule has 0 aliphatic heterocycles. The second-order valence-corrected chi connectivity index (χ2v) is 5.85. The Kier molecular flexibility index (Phi) is 2.84. The first-order chi connectivity index (χ1) is 12.3. The lowest BCUT2D eigenvalue weighted by molar-refractivity contribution is 1.08. The summed E-state index contributed by atoms with van der Waals surface area (Å²) in [5, 5.41) is 11.4. The molecule has 5 aromatic rings. The van der Waals surface area contributed by atoms with Crippen molar-refractivity contribution >= 4 is 33.6 Å². The number of fused-ring (bicyclic) bond motifs is 2. The van der Waals surface area contributed by atoms with Crippen molar-refractivity contribution < 1.29 is 0 Å². The number of nitrogens with zero attached hydrogens (tertiary/aromatic N) is 4. The van der Waals surface area contributed by atoms with Gasteiger partial charge in [-0.2, -0.15) is 5.10 Å². The van der Waals surface area contributed by atoms with Crippen LogP contribution in [-0.2, 0) is 0 Å². The Bertz CT molecular complexity index is 1200. The van der Waals surface area contributed by atoms with Crippen LogP contribution >= 0.6 is 0 Å². The smallest absolute Gasteiger partial charge is 0.158 e. The number of aryl methyl sites for hydroxylation is 1. The predicted octanol–water partition coefficient (Wildman–Crippen LogP) is 3.28. The zero-order valence-corrected chi connectivity index (χ0v) is 13.3.